The molecule has 4 nitrogen and oxygen atoms in total. The fourth-order valence-electron chi connectivity index (χ4n) is 1.73. The molecule has 2 atom stereocenters. The lowest BCUT2D eigenvalue weighted by atomic mass is 9.93. The van der Waals surface area contributed by atoms with E-state index in [1.807, 2.05) is 0 Å². The van der Waals surface area contributed by atoms with Gasteiger partial charge in [-0.05, 0) is 25.7 Å². The van der Waals surface area contributed by atoms with Gasteiger partial charge in [-0.3, -0.25) is 4.79 Å². The van der Waals surface area contributed by atoms with Crippen molar-refractivity contribution >= 4 is 5.91 Å². The van der Waals surface area contributed by atoms with Crippen molar-refractivity contribution in [2.45, 2.75) is 44.2 Å². The number of hydrogen-bond acceptors (Lipinski definition) is 3. The van der Waals surface area contributed by atoms with Gasteiger partial charge in [0.25, 0.3) is 0 Å². The van der Waals surface area contributed by atoms with E-state index in [0.717, 1.165) is 19.3 Å². The maximum atomic E-state index is 11.1. The van der Waals surface area contributed by atoms with Crippen LogP contribution in [-0.2, 0) is 4.79 Å². The van der Waals surface area contributed by atoms with Crippen molar-refractivity contribution in [1.29, 1.82) is 0 Å². The monoisotopic (exact) mass is 186 g/mol. The molecule has 0 spiro atoms. The molecule has 76 valence electrons. The second kappa shape index (κ2) is 5.19. The van der Waals surface area contributed by atoms with Crippen LogP contribution in [0.15, 0.2) is 0 Å². The van der Waals surface area contributed by atoms with Crippen molar-refractivity contribution in [2.75, 3.05) is 6.54 Å². The van der Waals surface area contributed by atoms with Crippen LogP contribution in [0.4, 0.5) is 0 Å². The fraction of sp³-hybridized carbons (Fsp3) is 0.889. The maximum Gasteiger partial charge on any atom is 0.221 e. The highest BCUT2D eigenvalue weighted by Crippen LogP contribution is 2.18. The number of rotatable bonds is 3. The number of amides is 1. The van der Waals surface area contributed by atoms with Gasteiger partial charge in [0.1, 0.15) is 0 Å². The molecule has 4 heteroatoms. The standard InChI is InChI=1S/C9H18N2O2/c10-5-4-9(13)11-7-2-1-3-8(12)6-7/h7-8,12H,1-6,10H2,(H,11,13). The van der Waals surface area contributed by atoms with Gasteiger partial charge >= 0.3 is 0 Å². The normalized spacial score (nSPS) is 28.5. The van der Waals surface area contributed by atoms with Crippen LogP contribution < -0.4 is 11.1 Å². The zero-order valence-corrected chi connectivity index (χ0v) is 7.83. The van der Waals surface area contributed by atoms with E-state index in [9.17, 15) is 9.90 Å². The molecule has 1 rings (SSSR count). The van der Waals surface area contributed by atoms with Crippen LogP contribution in [0.25, 0.3) is 0 Å². The summed E-state index contributed by atoms with van der Waals surface area (Å²) in [5.74, 6) is 0.00148. The van der Waals surface area contributed by atoms with Crippen molar-refractivity contribution in [3.8, 4) is 0 Å². The Kier molecular flexibility index (Phi) is 4.18. The number of carbonyl (C=O) groups is 1. The predicted molar refractivity (Wildman–Crippen MR) is 50.1 cm³/mol. The highest BCUT2D eigenvalue weighted by Gasteiger charge is 2.20. The summed E-state index contributed by atoms with van der Waals surface area (Å²) in [7, 11) is 0. The number of nitrogens with one attached hydrogen (secondary N) is 1. The largest absolute Gasteiger partial charge is 0.393 e. The summed E-state index contributed by atoms with van der Waals surface area (Å²) in [5, 5.41) is 12.2. The van der Waals surface area contributed by atoms with Crippen molar-refractivity contribution in [2.24, 2.45) is 5.73 Å². The molecular weight excluding hydrogens is 168 g/mol. The first-order valence-electron chi connectivity index (χ1n) is 4.90. The highest BCUT2D eigenvalue weighted by molar-refractivity contribution is 5.76. The summed E-state index contributed by atoms with van der Waals surface area (Å²) in [6, 6.07) is 0.155. The summed E-state index contributed by atoms with van der Waals surface area (Å²) < 4.78 is 0. The third-order valence-corrected chi connectivity index (χ3v) is 2.38. The molecule has 0 bridgehead atoms. The number of nitrogens with two attached hydrogens (primary N) is 1. The molecule has 1 aliphatic carbocycles. The van der Waals surface area contributed by atoms with Crippen LogP contribution in [0.3, 0.4) is 0 Å². The van der Waals surface area contributed by atoms with Gasteiger partial charge in [0.2, 0.25) is 5.91 Å². The SMILES string of the molecule is NCCC(=O)NC1CCCC(O)C1. The Morgan fingerprint density at radius 2 is 2.31 bits per heavy atom. The summed E-state index contributed by atoms with van der Waals surface area (Å²) >= 11 is 0. The van der Waals surface area contributed by atoms with Gasteiger partial charge in [-0.25, -0.2) is 0 Å². The predicted octanol–water partition coefficient (Wildman–Crippen LogP) is -0.245. The molecule has 4 N–H and O–H groups in total. The number of hydrogen-bond donors (Lipinski definition) is 3. The topological polar surface area (TPSA) is 75.4 Å². The van der Waals surface area contributed by atoms with E-state index in [2.05, 4.69) is 5.32 Å². The van der Waals surface area contributed by atoms with Crippen molar-refractivity contribution in [3.63, 3.8) is 0 Å². The van der Waals surface area contributed by atoms with Gasteiger partial charge in [-0.1, -0.05) is 0 Å². The van der Waals surface area contributed by atoms with Crippen molar-refractivity contribution in [3.05, 3.63) is 0 Å². The number of carbonyl (C=O) groups excluding carboxylic acids is 1. The number of aliphatic hydroxyl groups excluding tert-OH is 1. The highest BCUT2D eigenvalue weighted by atomic mass is 16.3. The van der Waals surface area contributed by atoms with E-state index < -0.39 is 0 Å². The molecule has 0 radical (unpaired) electrons. The van der Waals surface area contributed by atoms with Gasteiger partial charge < -0.3 is 16.2 Å². The summed E-state index contributed by atoms with van der Waals surface area (Å²) in [6.07, 6.45) is 3.67. The molecule has 0 aromatic rings. The molecule has 0 saturated heterocycles. The van der Waals surface area contributed by atoms with Gasteiger partial charge in [0.05, 0.1) is 6.10 Å². The number of aliphatic hydroxyl groups is 1. The zero-order chi connectivity index (χ0) is 9.68. The minimum Gasteiger partial charge on any atom is -0.393 e. The van der Waals surface area contributed by atoms with E-state index >= 15 is 0 Å². The van der Waals surface area contributed by atoms with Crippen LogP contribution in [0.1, 0.15) is 32.1 Å². The van der Waals surface area contributed by atoms with E-state index in [1.54, 1.807) is 0 Å². The van der Waals surface area contributed by atoms with E-state index in [4.69, 9.17) is 5.73 Å². The molecule has 0 aromatic carbocycles. The van der Waals surface area contributed by atoms with Crippen molar-refractivity contribution in [1.82, 2.24) is 5.32 Å². The first-order valence-corrected chi connectivity index (χ1v) is 4.90. The Labute approximate surface area is 78.5 Å². The molecule has 1 aliphatic rings. The molecule has 0 heterocycles. The van der Waals surface area contributed by atoms with Crippen LogP contribution in [0.2, 0.25) is 0 Å². The Hall–Kier alpha value is -0.610. The van der Waals surface area contributed by atoms with E-state index in [0.29, 0.717) is 19.4 Å². The quantitative estimate of drug-likeness (QED) is 0.569. The zero-order valence-electron chi connectivity index (χ0n) is 7.83. The molecule has 0 aliphatic heterocycles. The average Bonchev–Trinajstić information content (AvgIpc) is 2.04. The lowest BCUT2D eigenvalue weighted by Crippen LogP contribution is -2.40. The average molecular weight is 186 g/mol. The minimum absolute atomic E-state index is 0.00148. The molecule has 1 fully saturated rings. The van der Waals surface area contributed by atoms with Gasteiger partial charge in [-0.15, -0.1) is 0 Å². The van der Waals surface area contributed by atoms with Crippen LogP contribution >= 0.6 is 0 Å². The minimum atomic E-state index is -0.239. The summed E-state index contributed by atoms with van der Waals surface area (Å²) in [5.41, 5.74) is 5.25. The van der Waals surface area contributed by atoms with E-state index in [-0.39, 0.29) is 18.1 Å². The van der Waals surface area contributed by atoms with Crippen LogP contribution in [0.5, 0.6) is 0 Å². The first kappa shape index (κ1) is 10.5. The Bertz CT molecular complexity index is 173. The Balaban J connectivity index is 2.23. The fourth-order valence-corrected chi connectivity index (χ4v) is 1.73. The molecular formula is C9H18N2O2. The third-order valence-electron chi connectivity index (χ3n) is 2.38. The molecule has 13 heavy (non-hydrogen) atoms. The molecule has 1 amide bonds. The van der Waals surface area contributed by atoms with Gasteiger partial charge in [-0.2, -0.15) is 0 Å². The summed E-state index contributed by atoms with van der Waals surface area (Å²) in [6.45, 7) is 0.390. The lowest BCUT2D eigenvalue weighted by molar-refractivity contribution is -0.122. The van der Waals surface area contributed by atoms with E-state index in [1.165, 1.54) is 0 Å². The third kappa shape index (κ3) is 3.74. The lowest BCUT2D eigenvalue weighted by Gasteiger charge is -2.26. The molecule has 1 saturated carbocycles. The second-order valence-corrected chi connectivity index (χ2v) is 3.62. The smallest absolute Gasteiger partial charge is 0.221 e. The second-order valence-electron chi connectivity index (χ2n) is 3.62. The maximum absolute atomic E-state index is 11.1. The van der Waals surface area contributed by atoms with Gasteiger partial charge in [0.15, 0.2) is 0 Å². The van der Waals surface area contributed by atoms with Crippen LogP contribution in [-0.4, -0.2) is 29.7 Å². The summed E-state index contributed by atoms with van der Waals surface area (Å²) in [4.78, 5) is 11.1. The molecule has 2 unspecified atom stereocenters. The molecule has 0 aromatic heterocycles. The Morgan fingerprint density at radius 3 is 2.92 bits per heavy atom. The Morgan fingerprint density at radius 1 is 1.54 bits per heavy atom. The van der Waals surface area contributed by atoms with Gasteiger partial charge in [0, 0.05) is 19.0 Å². The van der Waals surface area contributed by atoms with Crippen LogP contribution in [0, 0.1) is 0 Å². The first-order chi connectivity index (χ1) is 6.22. The van der Waals surface area contributed by atoms with Crippen molar-refractivity contribution < 1.29 is 9.90 Å².